The van der Waals surface area contributed by atoms with Crippen LogP contribution in [0.15, 0.2) is 24.3 Å². The first-order chi connectivity index (χ1) is 7.96. The number of hydrogen-bond acceptors (Lipinski definition) is 2. The molecule has 0 saturated carbocycles. The third-order valence-electron chi connectivity index (χ3n) is 2.97. The van der Waals surface area contributed by atoms with Gasteiger partial charge in [-0.05, 0) is 36.2 Å². The Bertz CT molecular complexity index is 333. The van der Waals surface area contributed by atoms with Gasteiger partial charge in [-0.15, -0.1) is 0 Å². The number of nitrogens with zero attached hydrogens (tertiary/aromatic N) is 1. The minimum absolute atomic E-state index is 0.169. The van der Waals surface area contributed by atoms with E-state index in [4.69, 9.17) is 17.3 Å². The Labute approximate surface area is 110 Å². The molecule has 1 aromatic rings. The predicted octanol–water partition coefficient (Wildman–Crippen LogP) is 3.15. The van der Waals surface area contributed by atoms with Crippen molar-refractivity contribution in [1.82, 2.24) is 4.90 Å². The SMILES string of the molecule is CCN(Cc1ccc(Cl)cc1)CC(C)(C)CN. The first kappa shape index (κ1) is 14.5. The molecule has 17 heavy (non-hydrogen) atoms. The van der Waals surface area contributed by atoms with E-state index in [9.17, 15) is 0 Å². The molecule has 0 aliphatic heterocycles. The molecule has 0 spiro atoms. The fourth-order valence-electron chi connectivity index (χ4n) is 1.80. The van der Waals surface area contributed by atoms with Crippen LogP contribution in [-0.4, -0.2) is 24.5 Å². The summed E-state index contributed by atoms with van der Waals surface area (Å²) in [7, 11) is 0. The van der Waals surface area contributed by atoms with Crippen LogP contribution in [0.25, 0.3) is 0 Å². The van der Waals surface area contributed by atoms with Crippen molar-refractivity contribution in [3.05, 3.63) is 34.9 Å². The van der Waals surface area contributed by atoms with Gasteiger partial charge in [-0.1, -0.05) is 44.5 Å². The molecule has 0 aromatic heterocycles. The molecule has 0 unspecified atom stereocenters. The van der Waals surface area contributed by atoms with Crippen molar-refractivity contribution in [2.75, 3.05) is 19.6 Å². The minimum atomic E-state index is 0.169. The quantitative estimate of drug-likeness (QED) is 0.845. The smallest absolute Gasteiger partial charge is 0.0406 e. The van der Waals surface area contributed by atoms with Crippen LogP contribution in [0.4, 0.5) is 0 Å². The lowest BCUT2D eigenvalue weighted by Gasteiger charge is -2.31. The molecule has 0 atom stereocenters. The van der Waals surface area contributed by atoms with Gasteiger partial charge in [0.1, 0.15) is 0 Å². The lowest BCUT2D eigenvalue weighted by molar-refractivity contribution is 0.183. The highest BCUT2D eigenvalue weighted by molar-refractivity contribution is 6.30. The number of halogens is 1. The van der Waals surface area contributed by atoms with Crippen LogP contribution in [-0.2, 0) is 6.54 Å². The van der Waals surface area contributed by atoms with Gasteiger partial charge in [0, 0.05) is 18.1 Å². The van der Waals surface area contributed by atoms with E-state index in [0.717, 1.165) is 24.7 Å². The normalized spacial score (nSPS) is 12.1. The Morgan fingerprint density at radius 3 is 2.29 bits per heavy atom. The van der Waals surface area contributed by atoms with Crippen molar-refractivity contribution in [2.45, 2.75) is 27.3 Å². The Hall–Kier alpha value is -0.570. The predicted molar refractivity (Wildman–Crippen MR) is 75.2 cm³/mol. The first-order valence-corrected chi connectivity index (χ1v) is 6.51. The van der Waals surface area contributed by atoms with E-state index in [1.165, 1.54) is 5.56 Å². The summed E-state index contributed by atoms with van der Waals surface area (Å²) in [4.78, 5) is 2.41. The van der Waals surface area contributed by atoms with Crippen molar-refractivity contribution in [3.63, 3.8) is 0 Å². The van der Waals surface area contributed by atoms with Crippen LogP contribution in [0, 0.1) is 5.41 Å². The van der Waals surface area contributed by atoms with E-state index in [1.54, 1.807) is 0 Å². The van der Waals surface area contributed by atoms with E-state index in [-0.39, 0.29) is 5.41 Å². The minimum Gasteiger partial charge on any atom is -0.330 e. The topological polar surface area (TPSA) is 29.3 Å². The summed E-state index contributed by atoms with van der Waals surface area (Å²) >= 11 is 5.88. The van der Waals surface area contributed by atoms with Crippen molar-refractivity contribution in [1.29, 1.82) is 0 Å². The molecule has 0 saturated heterocycles. The average molecular weight is 255 g/mol. The van der Waals surface area contributed by atoms with Gasteiger partial charge < -0.3 is 5.73 Å². The molecule has 0 aliphatic carbocycles. The van der Waals surface area contributed by atoms with Gasteiger partial charge in [0.15, 0.2) is 0 Å². The number of hydrogen-bond donors (Lipinski definition) is 1. The monoisotopic (exact) mass is 254 g/mol. The molecule has 1 aromatic carbocycles. The highest BCUT2D eigenvalue weighted by atomic mass is 35.5. The maximum atomic E-state index is 5.88. The molecule has 0 amide bonds. The summed E-state index contributed by atoms with van der Waals surface area (Å²) in [5.74, 6) is 0. The molecule has 0 aliphatic rings. The Morgan fingerprint density at radius 1 is 1.24 bits per heavy atom. The summed E-state index contributed by atoms with van der Waals surface area (Å²) < 4.78 is 0. The molecule has 3 heteroatoms. The summed E-state index contributed by atoms with van der Waals surface area (Å²) in [5, 5.41) is 0.791. The Balaban J connectivity index is 2.61. The fraction of sp³-hybridized carbons (Fsp3) is 0.571. The molecule has 0 radical (unpaired) electrons. The van der Waals surface area contributed by atoms with Crippen molar-refractivity contribution < 1.29 is 0 Å². The Kier molecular flexibility index (Phi) is 5.44. The van der Waals surface area contributed by atoms with Crippen LogP contribution >= 0.6 is 11.6 Å². The summed E-state index contributed by atoms with van der Waals surface area (Å²) in [6, 6.07) is 8.05. The third-order valence-corrected chi connectivity index (χ3v) is 3.22. The van der Waals surface area contributed by atoms with Gasteiger partial charge in [-0.25, -0.2) is 0 Å². The van der Waals surface area contributed by atoms with Crippen LogP contribution in [0.5, 0.6) is 0 Å². The molecule has 0 fully saturated rings. The van der Waals surface area contributed by atoms with Crippen LogP contribution in [0.1, 0.15) is 26.3 Å². The molecule has 96 valence electrons. The van der Waals surface area contributed by atoms with E-state index < -0.39 is 0 Å². The third kappa shape index (κ3) is 5.07. The summed E-state index contributed by atoms with van der Waals surface area (Å²) in [5.41, 5.74) is 7.24. The van der Waals surface area contributed by atoms with E-state index in [2.05, 4.69) is 37.8 Å². The highest BCUT2D eigenvalue weighted by Crippen LogP contribution is 2.17. The lowest BCUT2D eigenvalue weighted by Crippen LogP contribution is -2.38. The second-order valence-electron chi connectivity index (χ2n) is 5.30. The van der Waals surface area contributed by atoms with Crippen molar-refractivity contribution in [2.24, 2.45) is 11.1 Å². The molecule has 2 N–H and O–H groups in total. The van der Waals surface area contributed by atoms with Gasteiger partial charge >= 0.3 is 0 Å². The summed E-state index contributed by atoms with van der Waals surface area (Å²) in [6.45, 7) is 10.3. The fourth-order valence-corrected chi connectivity index (χ4v) is 1.92. The molecule has 0 heterocycles. The van der Waals surface area contributed by atoms with Gasteiger partial charge in [-0.3, -0.25) is 4.90 Å². The van der Waals surface area contributed by atoms with Crippen molar-refractivity contribution >= 4 is 11.6 Å². The van der Waals surface area contributed by atoms with Gasteiger partial charge in [0.05, 0.1) is 0 Å². The maximum absolute atomic E-state index is 5.88. The molecule has 0 bridgehead atoms. The van der Waals surface area contributed by atoms with Crippen molar-refractivity contribution in [3.8, 4) is 0 Å². The second kappa shape index (κ2) is 6.39. The van der Waals surface area contributed by atoms with E-state index >= 15 is 0 Å². The number of rotatable bonds is 6. The van der Waals surface area contributed by atoms with Crippen LogP contribution in [0.2, 0.25) is 5.02 Å². The van der Waals surface area contributed by atoms with Gasteiger partial charge in [0.2, 0.25) is 0 Å². The zero-order valence-electron chi connectivity index (χ0n) is 11.0. The molecule has 2 nitrogen and oxygen atoms in total. The maximum Gasteiger partial charge on any atom is 0.0406 e. The lowest BCUT2D eigenvalue weighted by atomic mass is 9.93. The molecular weight excluding hydrogens is 232 g/mol. The van der Waals surface area contributed by atoms with Crippen LogP contribution < -0.4 is 5.73 Å². The largest absolute Gasteiger partial charge is 0.330 e. The van der Waals surface area contributed by atoms with E-state index in [0.29, 0.717) is 6.54 Å². The molecular formula is C14H23ClN2. The second-order valence-corrected chi connectivity index (χ2v) is 5.73. The molecule has 1 rings (SSSR count). The first-order valence-electron chi connectivity index (χ1n) is 6.14. The zero-order valence-corrected chi connectivity index (χ0v) is 11.8. The van der Waals surface area contributed by atoms with E-state index in [1.807, 2.05) is 12.1 Å². The van der Waals surface area contributed by atoms with Crippen LogP contribution in [0.3, 0.4) is 0 Å². The Morgan fingerprint density at radius 2 is 1.82 bits per heavy atom. The average Bonchev–Trinajstić information content (AvgIpc) is 2.31. The summed E-state index contributed by atoms with van der Waals surface area (Å²) in [6.07, 6.45) is 0. The zero-order chi connectivity index (χ0) is 12.9. The van der Waals surface area contributed by atoms with Gasteiger partial charge in [0.25, 0.3) is 0 Å². The standard InChI is InChI=1S/C14H23ClN2/c1-4-17(11-14(2,3)10-16)9-12-5-7-13(15)8-6-12/h5-8H,4,9-11,16H2,1-3H3. The number of benzene rings is 1. The van der Waals surface area contributed by atoms with Gasteiger partial charge in [-0.2, -0.15) is 0 Å². The highest BCUT2D eigenvalue weighted by Gasteiger charge is 2.19. The number of nitrogens with two attached hydrogens (primary N) is 1.